The topological polar surface area (TPSA) is 69.0 Å². The fourth-order valence-corrected chi connectivity index (χ4v) is 3.00. The van der Waals surface area contributed by atoms with E-state index in [9.17, 15) is 4.79 Å². The van der Waals surface area contributed by atoms with Crippen LogP contribution in [0, 0.1) is 11.3 Å². The molecule has 136 valence electrons. The number of aromatic nitrogens is 1. The molecule has 0 unspecified atom stereocenters. The third kappa shape index (κ3) is 4.90. The maximum atomic E-state index is 12.4. The zero-order chi connectivity index (χ0) is 19.1. The zero-order valence-electron chi connectivity index (χ0n) is 15.4. The van der Waals surface area contributed by atoms with Crippen LogP contribution in [0.25, 0.3) is 10.8 Å². The summed E-state index contributed by atoms with van der Waals surface area (Å²) >= 11 is 0. The highest BCUT2D eigenvalue weighted by molar-refractivity contribution is 5.98. The number of rotatable bonds is 7. The maximum absolute atomic E-state index is 12.4. The van der Waals surface area contributed by atoms with Gasteiger partial charge in [0.1, 0.15) is 0 Å². The van der Waals surface area contributed by atoms with Crippen molar-refractivity contribution in [1.29, 1.82) is 5.26 Å². The summed E-state index contributed by atoms with van der Waals surface area (Å²) in [4.78, 5) is 18.8. The standard InChI is InChI=1S/C22H22N4O/c1-2-26(16-18-5-3-4-17(12-18)14-23)11-10-25-22(27)20-7-6-19-8-9-24-15-21(19)13-20/h3-9,12-13,15H,2,10-11,16H2,1H3,(H,25,27). The SMILES string of the molecule is CCN(CCNC(=O)c1ccc2ccncc2c1)Cc1cccc(C#N)c1. The van der Waals surface area contributed by atoms with E-state index < -0.39 is 0 Å². The van der Waals surface area contributed by atoms with Gasteiger partial charge in [0.2, 0.25) is 0 Å². The van der Waals surface area contributed by atoms with Crippen molar-refractivity contribution in [3.63, 3.8) is 0 Å². The van der Waals surface area contributed by atoms with Gasteiger partial charge >= 0.3 is 0 Å². The van der Waals surface area contributed by atoms with Gasteiger partial charge in [-0.2, -0.15) is 5.26 Å². The molecule has 0 spiro atoms. The summed E-state index contributed by atoms with van der Waals surface area (Å²) in [5, 5.41) is 14.0. The molecule has 0 radical (unpaired) electrons. The summed E-state index contributed by atoms with van der Waals surface area (Å²) in [6.45, 7) is 5.02. The van der Waals surface area contributed by atoms with E-state index in [2.05, 4.69) is 28.2 Å². The lowest BCUT2D eigenvalue weighted by molar-refractivity contribution is 0.0948. The van der Waals surface area contributed by atoms with E-state index in [1.807, 2.05) is 42.5 Å². The average molecular weight is 358 g/mol. The van der Waals surface area contributed by atoms with E-state index in [-0.39, 0.29) is 5.91 Å². The second-order valence-electron chi connectivity index (χ2n) is 6.37. The second kappa shape index (κ2) is 8.93. The first-order valence-corrected chi connectivity index (χ1v) is 9.03. The molecule has 5 nitrogen and oxygen atoms in total. The van der Waals surface area contributed by atoms with Crippen LogP contribution in [0.15, 0.2) is 60.9 Å². The zero-order valence-corrected chi connectivity index (χ0v) is 15.4. The number of hydrogen-bond acceptors (Lipinski definition) is 4. The number of carbonyl (C=O) groups excluding carboxylic acids is 1. The molecule has 0 bridgehead atoms. The molecule has 1 amide bonds. The molecule has 1 heterocycles. The highest BCUT2D eigenvalue weighted by atomic mass is 16.1. The number of benzene rings is 2. The lowest BCUT2D eigenvalue weighted by Crippen LogP contribution is -2.34. The van der Waals surface area contributed by atoms with E-state index in [4.69, 9.17) is 5.26 Å². The molecule has 1 N–H and O–H groups in total. The van der Waals surface area contributed by atoms with Crippen LogP contribution in [0.3, 0.4) is 0 Å². The molecule has 0 saturated carbocycles. The minimum atomic E-state index is -0.0803. The second-order valence-corrected chi connectivity index (χ2v) is 6.37. The number of pyridine rings is 1. The first-order chi connectivity index (χ1) is 13.2. The number of hydrogen-bond donors (Lipinski definition) is 1. The first kappa shape index (κ1) is 18.6. The first-order valence-electron chi connectivity index (χ1n) is 9.03. The van der Waals surface area contributed by atoms with Gasteiger partial charge in [-0.05, 0) is 47.8 Å². The third-order valence-corrected chi connectivity index (χ3v) is 4.53. The van der Waals surface area contributed by atoms with Gasteiger partial charge in [0.25, 0.3) is 5.91 Å². The molecule has 0 aliphatic heterocycles. The number of amides is 1. The van der Waals surface area contributed by atoms with Crippen LogP contribution in [-0.2, 0) is 6.54 Å². The van der Waals surface area contributed by atoms with Gasteiger partial charge < -0.3 is 5.32 Å². The molecule has 5 heteroatoms. The Morgan fingerprint density at radius 2 is 2.07 bits per heavy atom. The highest BCUT2D eigenvalue weighted by Crippen LogP contribution is 2.14. The molecule has 27 heavy (non-hydrogen) atoms. The molecule has 0 saturated heterocycles. The number of nitrogens with zero attached hydrogens (tertiary/aromatic N) is 3. The van der Waals surface area contributed by atoms with Crippen LogP contribution >= 0.6 is 0 Å². The number of nitriles is 1. The lowest BCUT2D eigenvalue weighted by Gasteiger charge is -2.20. The van der Waals surface area contributed by atoms with Crippen molar-refractivity contribution in [2.75, 3.05) is 19.6 Å². The van der Waals surface area contributed by atoms with Gasteiger partial charge in [0.15, 0.2) is 0 Å². The molecule has 2 aromatic carbocycles. The summed E-state index contributed by atoms with van der Waals surface area (Å²) in [6.07, 6.45) is 3.51. The molecule has 0 aliphatic carbocycles. The van der Waals surface area contributed by atoms with Gasteiger partial charge in [0, 0.05) is 43.0 Å². The van der Waals surface area contributed by atoms with Crippen LogP contribution in [0.5, 0.6) is 0 Å². The Bertz CT molecular complexity index is 977. The van der Waals surface area contributed by atoms with Crippen LogP contribution in [0.2, 0.25) is 0 Å². The van der Waals surface area contributed by atoms with Crippen LogP contribution < -0.4 is 5.32 Å². The molecule has 3 rings (SSSR count). The molecular formula is C22H22N4O. The predicted molar refractivity (Wildman–Crippen MR) is 106 cm³/mol. The van der Waals surface area contributed by atoms with Gasteiger partial charge in [-0.25, -0.2) is 0 Å². The molecule has 0 fully saturated rings. The Morgan fingerprint density at radius 3 is 2.89 bits per heavy atom. The van der Waals surface area contributed by atoms with Crippen molar-refractivity contribution in [2.45, 2.75) is 13.5 Å². The Balaban J connectivity index is 1.55. The number of carbonyl (C=O) groups is 1. The van der Waals surface area contributed by atoms with Crippen LogP contribution in [0.1, 0.15) is 28.4 Å². The van der Waals surface area contributed by atoms with Crippen molar-refractivity contribution in [3.05, 3.63) is 77.6 Å². The van der Waals surface area contributed by atoms with E-state index in [1.54, 1.807) is 18.5 Å². The van der Waals surface area contributed by atoms with E-state index >= 15 is 0 Å². The van der Waals surface area contributed by atoms with Crippen LogP contribution in [-0.4, -0.2) is 35.4 Å². The summed E-state index contributed by atoms with van der Waals surface area (Å²) in [7, 11) is 0. The quantitative estimate of drug-likeness (QED) is 0.703. The van der Waals surface area contributed by atoms with Gasteiger partial charge in [-0.3, -0.25) is 14.7 Å². The van der Waals surface area contributed by atoms with Crippen molar-refractivity contribution < 1.29 is 4.79 Å². The van der Waals surface area contributed by atoms with Crippen molar-refractivity contribution in [2.24, 2.45) is 0 Å². The number of fused-ring (bicyclic) bond motifs is 1. The van der Waals surface area contributed by atoms with Gasteiger partial charge in [0.05, 0.1) is 11.6 Å². The number of likely N-dealkylation sites (N-methyl/N-ethyl adjacent to an activating group) is 1. The molecular weight excluding hydrogens is 336 g/mol. The molecule has 1 aromatic heterocycles. The van der Waals surface area contributed by atoms with Crippen molar-refractivity contribution >= 4 is 16.7 Å². The third-order valence-electron chi connectivity index (χ3n) is 4.53. The van der Waals surface area contributed by atoms with E-state index in [0.717, 1.165) is 36.0 Å². The average Bonchev–Trinajstić information content (AvgIpc) is 2.72. The van der Waals surface area contributed by atoms with Crippen molar-refractivity contribution in [3.8, 4) is 6.07 Å². The minimum Gasteiger partial charge on any atom is -0.351 e. The molecule has 0 aliphatic rings. The fourth-order valence-electron chi connectivity index (χ4n) is 3.00. The Labute approximate surface area is 159 Å². The Hall–Kier alpha value is -3.23. The molecule has 3 aromatic rings. The fraction of sp³-hybridized carbons (Fsp3) is 0.227. The monoisotopic (exact) mass is 358 g/mol. The summed E-state index contributed by atoms with van der Waals surface area (Å²) in [5.74, 6) is -0.0803. The van der Waals surface area contributed by atoms with Crippen molar-refractivity contribution in [1.82, 2.24) is 15.2 Å². The largest absolute Gasteiger partial charge is 0.351 e. The molecule has 0 atom stereocenters. The highest BCUT2D eigenvalue weighted by Gasteiger charge is 2.08. The smallest absolute Gasteiger partial charge is 0.251 e. The normalized spacial score (nSPS) is 10.7. The summed E-state index contributed by atoms with van der Waals surface area (Å²) in [5.41, 5.74) is 2.41. The van der Waals surface area contributed by atoms with E-state index in [1.165, 1.54) is 0 Å². The minimum absolute atomic E-state index is 0.0803. The van der Waals surface area contributed by atoms with Gasteiger partial charge in [-0.1, -0.05) is 25.1 Å². The predicted octanol–water partition coefficient (Wildman–Crippen LogP) is 3.36. The number of nitrogens with one attached hydrogen (secondary N) is 1. The Morgan fingerprint density at radius 1 is 1.19 bits per heavy atom. The van der Waals surface area contributed by atoms with Crippen LogP contribution in [0.4, 0.5) is 0 Å². The lowest BCUT2D eigenvalue weighted by atomic mass is 10.1. The summed E-state index contributed by atoms with van der Waals surface area (Å²) < 4.78 is 0. The Kier molecular flexibility index (Phi) is 6.14. The summed E-state index contributed by atoms with van der Waals surface area (Å²) in [6, 6.07) is 17.4. The maximum Gasteiger partial charge on any atom is 0.251 e. The van der Waals surface area contributed by atoms with E-state index in [0.29, 0.717) is 17.7 Å². The van der Waals surface area contributed by atoms with Gasteiger partial charge in [-0.15, -0.1) is 0 Å².